The molecular formula is C38H23N5. The summed E-state index contributed by atoms with van der Waals surface area (Å²) in [6.07, 6.45) is 7.80. The van der Waals surface area contributed by atoms with Gasteiger partial charge in [0.25, 0.3) is 0 Å². The van der Waals surface area contributed by atoms with Crippen molar-refractivity contribution in [3.63, 3.8) is 0 Å². The van der Waals surface area contributed by atoms with Gasteiger partial charge in [-0.3, -0.25) is 9.38 Å². The Labute approximate surface area is 245 Å². The molecule has 0 unspecified atom stereocenters. The second kappa shape index (κ2) is 8.30. The molecule has 0 spiro atoms. The van der Waals surface area contributed by atoms with Gasteiger partial charge < -0.3 is 9.13 Å². The molecule has 0 fully saturated rings. The van der Waals surface area contributed by atoms with Crippen LogP contribution in [-0.2, 0) is 0 Å². The molecule has 0 saturated carbocycles. The van der Waals surface area contributed by atoms with Gasteiger partial charge in [-0.05, 0) is 54.6 Å². The number of pyridine rings is 2. The molecule has 0 radical (unpaired) electrons. The van der Waals surface area contributed by atoms with E-state index in [-0.39, 0.29) is 0 Å². The Balaban J connectivity index is 1.50. The van der Waals surface area contributed by atoms with Crippen LogP contribution in [-0.4, -0.2) is 23.5 Å². The average molecular weight is 550 g/mol. The molecule has 0 N–H and O–H groups in total. The summed E-state index contributed by atoms with van der Waals surface area (Å²) in [5, 5.41) is 8.26. The highest BCUT2D eigenvalue weighted by molar-refractivity contribution is 6.28. The third-order valence-corrected chi connectivity index (χ3v) is 8.96. The lowest BCUT2D eigenvalue weighted by atomic mass is 10.0. The molecule has 5 aromatic carbocycles. The molecule has 0 atom stereocenters. The van der Waals surface area contributed by atoms with Gasteiger partial charge in [-0.15, -0.1) is 0 Å². The number of para-hydroxylation sites is 3. The molecule has 200 valence electrons. The van der Waals surface area contributed by atoms with E-state index < -0.39 is 0 Å². The van der Waals surface area contributed by atoms with Crippen molar-refractivity contribution in [2.45, 2.75) is 0 Å². The van der Waals surface area contributed by atoms with Gasteiger partial charge in [-0.1, -0.05) is 60.7 Å². The summed E-state index contributed by atoms with van der Waals surface area (Å²) in [7, 11) is 0. The van der Waals surface area contributed by atoms with Gasteiger partial charge in [0.05, 0.1) is 27.6 Å². The molecule has 0 saturated heterocycles. The number of rotatable bonds is 2. The van der Waals surface area contributed by atoms with Gasteiger partial charge in [0.2, 0.25) is 0 Å². The van der Waals surface area contributed by atoms with Crippen LogP contribution in [0.25, 0.3) is 82.3 Å². The predicted octanol–water partition coefficient (Wildman–Crippen LogP) is 9.23. The van der Waals surface area contributed by atoms with E-state index in [1.54, 1.807) is 0 Å². The van der Waals surface area contributed by atoms with Gasteiger partial charge in [-0.25, -0.2) is 4.98 Å². The highest BCUT2D eigenvalue weighted by Gasteiger charge is 2.22. The highest BCUT2D eigenvalue weighted by atomic mass is 15.0. The quantitative estimate of drug-likeness (QED) is 0.202. The lowest BCUT2D eigenvalue weighted by Gasteiger charge is -2.11. The zero-order valence-electron chi connectivity index (χ0n) is 23.0. The monoisotopic (exact) mass is 549 g/mol. The van der Waals surface area contributed by atoms with Crippen LogP contribution in [0.4, 0.5) is 0 Å². The average Bonchev–Trinajstić information content (AvgIpc) is 3.77. The Hall–Kier alpha value is -5.94. The van der Waals surface area contributed by atoms with Crippen LogP contribution < -0.4 is 0 Å². The fourth-order valence-corrected chi connectivity index (χ4v) is 7.22. The smallest absolute Gasteiger partial charge is 0.145 e. The molecule has 5 heterocycles. The van der Waals surface area contributed by atoms with Crippen LogP contribution >= 0.6 is 0 Å². The Morgan fingerprint density at radius 1 is 0.465 bits per heavy atom. The van der Waals surface area contributed by atoms with Crippen molar-refractivity contribution in [1.82, 2.24) is 23.5 Å². The Kier molecular flexibility index (Phi) is 4.39. The molecule has 10 aromatic rings. The second-order valence-corrected chi connectivity index (χ2v) is 11.1. The molecule has 5 aromatic heterocycles. The third kappa shape index (κ3) is 2.95. The topological polar surface area (TPSA) is 40.1 Å². The maximum absolute atomic E-state index is 4.81. The van der Waals surface area contributed by atoms with Crippen LogP contribution in [0.2, 0.25) is 0 Å². The molecule has 5 heteroatoms. The Morgan fingerprint density at radius 3 is 1.98 bits per heavy atom. The molecule has 0 bridgehead atoms. The summed E-state index contributed by atoms with van der Waals surface area (Å²) in [5.74, 6) is 0. The molecule has 5 nitrogen and oxygen atoms in total. The number of hydrogen-bond acceptors (Lipinski definition) is 2. The Bertz CT molecular complexity index is 2710. The fraction of sp³-hybridized carbons (Fsp3) is 0. The first kappa shape index (κ1) is 22.7. The van der Waals surface area contributed by atoms with Crippen LogP contribution in [0.3, 0.4) is 0 Å². The highest BCUT2D eigenvalue weighted by Crippen LogP contribution is 2.43. The number of aromatic nitrogens is 5. The zero-order valence-corrected chi connectivity index (χ0v) is 23.0. The summed E-state index contributed by atoms with van der Waals surface area (Å²) < 4.78 is 7.06. The van der Waals surface area contributed by atoms with Crippen LogP contribution in [0.1, 0.15) is 0 Å². The minimum absolute atomic E-state index is 0.942. The summed E-state index contributed by atoms with van der Waals surface area (Å²) in [6.45, 7) is 0. The normalized spacial score (nSPS) is 12.2. The summed E-state index contributed by atoms with van der Waals surface area (Å²) in [6, 6.07) is 41.4. The van der Waals surface area contributed by atoms with Crippen molar-refractivity contribution in [2.24, 2.45) is 0 Å². The minimum atomic E-state index is 0.942. The standard InChI is InChI=1S/C38H23N5/c1-3-9-24(10-4-1)42-32-14-8-7-13-26(32)29-21-35-30(22-34(29)42)36-33(43(35)25-11-5-2-6-12-25)16-15-27-31-23-39-18-17-28(31)38-40-19-20-41(38)37(27)36/h1-23H. The van der Waals surface area contributed by atoms with E-state index in [0.717, 1.165) is 44.2 Å². The van der Waals surface area contributed by atoms with Gasteiger partial charge >= 0.3 is 0 Å². The van der Waals surface area contributed by atoms with Crippen molar-refractivity contribution < 1.29 is 0 Å². The van der Waals surface area contributed by atoms with Crippen molar-refractivity contribution in [2.75, 3.05) is 0 Å². The first-order valence-corrected chi connectivity index (χ1v) is 14.5. The summed E-state index contributed by atoms with van der Waals surface area (Å²) in [5.41, 5.74) is 9.10. The SMILES string of the molecule is c1ccc(-n2c3ccccc3c3cc4c(cc32)c2c(ccc3c5cnccc5c5nccn5c32)n4-c2ccccc2)cc1. The third-order valence-electron chi connectivity index (χ3n) is 8.96. The first-order valence-electron chi connectivity index (χ1n) is 14.5. The summed E-state index contributed by atoms with van der Waals surface area (Å²) in [4.78, 5) is 9.32. The van der Waals surface area contributed by atoms with Gasteiger partial charge in [0.15, 0.2) is 0 Å². The molecule has 0 aliphatic heterocycles. The lowest BCUT2D eigenvalue weighted by Crippen LogP contribution is -1.95. The number of hydrogen-bond donors (Lipinski definition) is 0. The van der Waals surface area contributed by atoms with E-state index in [4.69, 9.17) is 4.98 Å². The fourth-order valence-electron chi connectivity index (χ4n) is 7.22. The molecule has 0 aliphatic carbocycles. The Morgan fingerprint density at radius 2 is 1.16 bits per heavy atom. The molecule has 0 aliphatic rings. The molecular weight excluding hydrogens is 526 g/mol. The van der Waals surface area contributed by atoms with E-state index in [1.165, 1.54) is 38.1 Å². The van der Waals surface area contributed by atoms with E-state index in [9.17, 15) is 0 Å². The first-order chi connectivity index (χ1) is 21.4. The van der Waals surface area contributed by atoms with E-state index in [1.807, 2.05) is 18.6 Å². The summed E-state index contributed by atoms with van der Waals surface area (Å²) >= 11 is 0. The zero-order chi connectivity index (χ0) is 28.1. The van der Waals surface area contributed by atoms with Gasteiger partial charge in [0, 0.05) is 73.9 Å². The maximum atomic E-state index is 4.81. The number of benzene rings is 5. The van der Waals surface area contributed by atoms with Crippen molar-refractivity contribution >= 4 is 70.9 Å². The van der Waals surface area contributed by atoms with Gasteiger partial charge in [0.1, 0.15) is 5.65 Å². The molecule has 0 amide bonds. The van der Waals surface area contributed by atoms with Crippen molar-refractivity contribution in [1.29, 1.82) is 0 Å². The van der Waals surface area contributed by atoms with E-state index in [2.05, 4.69) is 140 Å². The number of fused-ring (bicyclic) bond motifs is 13. The number of imidazole rings is 1. The second-order valence-electron chi connectivity index (χ2n) is 11.1. The largest absolute Gasteiger partial charge is 0.309 e. The molecule has 43 heavy (non-hydrogen) atoms. The number of nitrogens with zero attached hydrogens (tertiary/aromatic N) is 5. The van der Waals surface area contributed by atoms with Crippen LogP contribution in [0, 0.1) is 0 Å². The van der Waals surface area contributed by atoms with Crippen LogP contribution in [0.5, 0.6) is 0 Å². The maximum Gasteiger partial charge on any atom is 0.145 e. The lowest BCUT2D eigenvalue weighted by molar-refractivity contribution is 1.17. The van der Waals surface area contributed by atoms with Crippen LogP contribution in [0.15, 0.2) is 140 Å². The minimum Gasteiger partial charge on any atom is -0.309 e. The van der Waals surface area contributed by atoms with E-state index in [0.29, 0.717) is 0 Å². The van der Waals surface area contributed by atoms with E-state index >= 15 is 0 Å². The van der Waals surface area contributed by atoms with Crippen molar-refractivity contribution in [3.8, 4) is 11.4 Å². The predicted molar refractivity (Wildman–Crippen MR) is 177 cm³/mol. The van der Waals surface area contributed by atoms with Gasteiger partial charge in [-0.2, -0.15) is 0 Å². The molecule has 10 rings (SSSR count). The van der Waals surface area contributed by atoms with Crippen molar-refractivity contribution in [3.05, 3.63) is 140 Å².